The molecular weight excluding hydrogens is 364 g/mol. The number of amides is 2. The second-order valence-corrected chi connectivity index (χ2v) is 6.43. The number of nitrogens with zero attached hydrogens (tertiary/aromatic N) is 3. The molecule has 0 aliphatic carbocycles. The number of nitrogens with one attached hydrogen (secondary N) is 1. The number of hydrogen-bond donors (Lipinski definition) is 1. The molecule has 148 valence electrons. The highest BCUT2D eigenvalue weighted by atomic mass is 16.2. The summed E-state index contributed by atoms with van der Waals surface area (Å²) < 4.78 is 1.75. The molecule has 0 radical (unpaired) electrons. The molecule has 6 heteroatoms. The van der Waals surface area contributed by atoms with E-state index in [0.717, 1.165) is 11.3 Å². The Hall–Kier alpha value is -3.67. The van der Waals surface area contributed by atoms with E-state index >= 15 is 0 Å². The van der Waals surface area contributed by atoms with Crippen molar-refractivity contribution < 1.29 is 9.59 Å². The van der Waals surface area contributed by atoms with Crippen molar-refractivity contribution >= 4 is 23.6 Å². The van der Waals surface area contributed by atoms with Gasteiger partial charge in [-0.3, -0.25) is 9.59 Å². The molecule has 0 atom stereocenters. The first kappa shape index (κ1) is 20.1. The van der Waals surface area contributed by atoms with Gasteiger partial charge in [-0.25, -0.2) is 4.68 Å². The second kappa shape index (κ2) is 9.50. The highest BCUT2D eigenvalue weighted by Crippen LogP contribution is 2.13. The summed E-state index contributed by atoms with van der Waals surface area (Å²) in [6, 6.07) is 16.7. The Balaban J connectivity index is 1.59. The molecule has 3 rings (SSSR count). The largest absolute Gasteiger partial charge is 0.339 e. The molecular formula is C23H24N4O2. The Morgan fingerprint density at radius 3 is 2.38 bits per heavy atom. The van der Waals surface area contributed by atoms with Gasteiger partial charge < -0.3 is 10.2 Å². The van der Waals surface area contributed by atoms with Gasteiger partial charge in [0.05, 0.1) is 11.9 Å². The molecule has 0 aliphatic rings. The van der Waals surface area contributed by atoms with E-state index in [9.17, 15) is 9.59 Å². The standard InChI is InChI=1S/C23H24N4O2/c1-3-26(4-2)23(29)19-11-13-20(14-12-19)25-22(28)15-10-18-16-24-27(17-18)21-8-6-5-7-9-21/h5-17H,3-4H2,1-2H3,(H,25,28)/b15-10-. The van der Waals surface area contributed by atoms with Gasteiger partial charge in [-0.2, -0.15) is 5.10 Å². The van der Waals surface area contributed by atoms with Crippen LogP contribution in [0.5, 0.6) is 0 Å². The molecule has 3 aromatic rings. The summed E-state index contributed by atoms with van der Waals surface area (Å²) in [5.74, 6) is -0.261. The molecule has 6 nitrogen and oxygen atoms in total. The lowest BCUT2D eigenvalue weighted by Crippen LogP contribution is -2.30. The first-order valence-corrected chi connectivity index (χ1v) is 9.59. The zero-order chi connectivity index (χ0) is 20.6. The minimum Gasteiger partial charge on any atom is -0.339 e. The molecule has 2 aromatic carbocycles. The maximum Gasteiger partial charge on any atom is 0.253 e. The van der Waals surface area contributed by atoms with Crippen LogP contribution in [0.4, 0.5) is 5.69 Å². The van der Waals surface area contributed by atoms with E-state index in [4.69, 9.17) is 0 Å². The Morgan fingerprint density at radius 2 is 1.72 bits per heavy atom. The van der Waals surface area contributed by atoms with Crippen LogP contribution in [0.3, 0.4) is 0 Å². The number of carbonyl (C=O) groups is 2. The molecule has 2 amide bonds. The van der Waals surface area contributed by atoms with E-state index in [1.165, 1.54) is 6.08 Å². The van der Waals surface area contributed by atoms with Gasteiger partial charge in [-0.1, -0.05) is 18.2 Å². The van der Waals surface area contributed by atoms with Gasteiger partial charge in [-0.05, 0) is 56.3 Å². The average molecular weight is 388 g/mol. The van der Waals surface area contributed by atoms with Crippen molar-refractivity contribution in [3.63, 3.8) is 0 Å². The first-order chi connectivity index (χ1) is 14.1. The van der Waals surface area contributed by atoms with Crippen molar-refractivity contribution in [3.05, 3.63) is 84.2 Å². The molecule has 0 fully saturated rings. The molecule has 0 aliphatic heterocycles. The molecule has 0 unspecified atom stereocenters. The highest BCUT2D eigenvalue weighted by Gasteiger charge is 2.12. The van der Waals surface area contributed by atoms with Crippen molar-refractivity contribution in [1.82, 2.24) is 14.7 Å². The summed E-state index contributed by atoms with van der Waals surface area (Å²) in [7, 11) is 0. The fourth-order valence-electron chi connectivity index (χ4n) is 2.89. The summed E-state index contributed by atoms with van der Waals surface area (Å²) in [5, 5.41) is 7.10. The van der Waals surface area contributed by atoms with Crippen molar-refractivity contribution in [2.45, 2.75) is 13.8 Å². The SMILES string of the molecule is CCN(CC)C(=O)c1ccc(NC(=O)/C=C\c2cnn(-c3ccccc3)c2)cc1. The van der Waals surface area contributed by atoms with Crippen LogP contribution in [0.25, 0.3) is 11.8 Å². The van der Waals surface area contributed by atoms with Crippen LogP contribution in [0, 0.1) is 0 Å². The average Bonchev–Trinajstić information content (AvgIpc) is 3.23. The summed E-state index contributed by atoms with van der Waals surface area (Å²) >= 11 is 0. The first-order valence-electron chi connectivity index (χ1n) is 9.59. The van der Waals surface area contributed by atoms with Gasteiger partial charge in [0.25, 0.3) is 5.91 Å². The Morgan fingerprint density at radius 1 is 1.03 bits per heavy atom. The predicted molar refractivity (Wildman–Crippen MR) is 115 cm³/mol. The van der Waals surface area contributed by atoms with E-state index < -0.39 is 0 Å². The molecule has 0 saturated heterocycles. The van der Waals surface area contributed by atoms with Crippen LogP contribution in [0.2, 0.25) is 0 Å². The number of carbonyl (C=O) groups excluding carboxylic acids is 2. The second-order valence-electron chi connectivity index (χ2n) is 6.43. The molecule has 0 bridgehead atoms. The van der Waals surface area contributed by atoms with E-state index in [1.807, 2.05) is 50.4 Å². The van der Waals surface area contributed by atoms with E-state index in [0.29, 0.717) is 24.3 Å². The highest BCUT2D eigenvalue weighted by molar-refractivity contribution is 6.02. The number of benzene rings is 2. The predicted octanol–water partition coefficient (Wildman–Crippen LogP) is 4.01. The van der Waals surface area contributed by atoms with Gasteiger partial charge in [0.1, 0.15) is 0 Å². The summed E-state index contributed by atoms with van der Waals surface area (Å²) in [6.07, 6.45) is 6.72. The third-order valence-corrected chi connectivity index (χ3v) is 4.50. The summed E-state index contributed by atoms with van der Waals surface area (Å²) in [6.45, 7) is 5.23. The number of anilines is 1. The number of hydrogen-bond acceptors (Lipinski definition) is 3. The van der Waals surface area contributed by atoms with Crippen LogP contribution in [0.15, 0.2) is 73.1 Å². The quantitative estimate of drug-likeness (QED) is 0.622. The molecule has 29 heavy (non-hydrogen) atoms. The molecule has 1 heterocycles. The lowest BCUT2D eigenvalue weighted by atomic mass is 10.1. The van der Waals surface area contributed by atoms with Crippen LogP contribution in [-0.4, -0.2) is 39.6 Å². The number of para-hydroxylation sites is 1. The lowest BCUT2D eigenvalue weighted by Gasteiger charge is -2.18. The van der Waals surface area contributed by atoms with Crippen molar-refractivity contribution in [1.29, 1.82) is 0 Å². The van der Waals surface area contributed by atoms with Crippen LogP contribution >= 0.6 is 0 Å². The third kappa shape index (κ3) is 5.19. The van der Waals surface area contributed by atoms with Crippen LogP contribution in [-0.2, 0) is 4.79 Å². The minimum absolute atomic E-state index is 0.0109. The van der Waals surface area contributed by atoms with Gasteiger partial charge in [0.15, 0.2) is 0 Å². The molecule has 0 spiro atoms. The lowest BCUT2D eigenvalue weighted by molar-refractivity contribution is -0.111. The van der Waals surface area contributed by atoms with Crippen LogP contribution < -0.4 is 5.32 Å². The smallest absolute Gasteiger partial charge is 0.253 e. The zero-order valence-corrected chi connectivity index (χ0v) is 16.6. The van der Waals surface area contributed by atoms with Crippen molar-refractivity contribution in [2.75, 3.05) is 18.4 Å². The zero-order valence-electron chi connectivity index (χ0n) is 16.6. The Kier molecular flexibility index (Phi) is 6.58. The Labute approximate surface area is 170 Å². The number of aromatic nitrogens is 2. The minimum atomic E-state index is -0.250. The van der Waals surface area contributed by atoms with Gasteiger partial charge in [-0.15, -0.1) is 0 Å². The van der Waals surface area contributed by atoms with Crippen molar-refractivity contribution in [3.8, 4) is 5.69 Å². The summed E-state index contributed by atoms with van der Waals surface area (Å²) in [4.78, 5) is 26.3. The third-order valence-electron chi connectivity index (χ3n) is 4.50. The van der Waals surface area contributed by atoms with Gasteiger partial charge >= 0.3 is 0 Å². The normalized spacial score (nSPS) is 10.8. The van der Waals surface area contributed by atoms with E-state index in [2.05, 4.69) is 10.4 Å². The molecule has 1 aromatic heterocycles. The summed E-state index contributed by atoms with van der Waals surface area (Å²) in [5.41, 5.74) is 3.02. The van der Waals surface area contributed by atoms with Gasteiger partial charge in [0, 0.05) is 42.2 Å². The number of rotatable bonds is 7. The monoisotopic (exact) mass is 388 g/mol. The molecule has 0 saturated carbocycles. The maximum absolute atomic E-state index is 12.3. The Bertz CT molecular complexity index is 987. The van der Waals surface area contributed by atoms with E-state index in [-0.39, 0.29) is 11.8 Å². The molecule has 1 N–H and O–H groups in total. The topological polar surface area (TPSA) is 67.2 Å². The fraction of sp³-hybridized carbons (Fsp3) is 0.174. The van der Waals surface area contributed by atoms with Crippen molar-refractivity contribution in [2.24, 2.45) is 0 Å². The van der Waals surface area contributed by atoms with Gasteiger partial charge in [0.2, 0.25) is 5.91 Å². The maximum atomic E-state index is 12.3. The van der Waals surface area contributed by atoms with E-state index in [1.54, 1.807) is 46.1 Å². The van der Waals surface area contributed by atoms with Crippen LogP contribution in [0.1, 0.15) is 29.8 Å². The fourth-order valence-corrected chi connectivity index (χ4v) is 2.89.